The van der Waals surface area contributed by atoms with E-state index in [1.54, 1.807) is 32.3 Å². The fourth-order valence-corrected chi connectivity index (χ4v) is 1.98. The van der Waals surface area contributed by atoms with Crippen LogP contribution in [-0.2, 0) is 0 Å². The maximum Gasteiger partial charge on any atom is 0.272 e. The van der Waals surface area contributed by atoms with Gasteiger partial charge in [-0.3, -0.25) is 15.1 Å². The van der Waals surface area contributed by atoms with Crippen molar-refractivity contribution in [2.75, 3.05) is 11.9 Å². The summed E-state index contributed by atoms with van der Waals surface area (Å²) in [6, 6.07) is 5.03. The van der Waals surface area contributed by atoms with E-state index in [1.165, 1.54) is 6.07 Å². The summed E-state index contributed by atoms with van der Waals surface area (Å²) in [5, 5.41) is 14.1. The number of hydrogen-bond acceptors (Lipinski definition) is 5. The number of nitro benzene ring substituents is 1. The van der Waals surface area contributed by atoms with Crippen molar-refractivity contribution < 1.29 is 9.66 Å². The maximum atomic E-state index is 10.9. The van der Waals surface area contributed by atoms with Crippen LogP contribution in [-0.4, -0.2) is 16.5 Å². The van der Waals surface area contributed by atoms with E-state index in [2.05, 4.69) is 10.3 Å². The van der Waals surface area contributed by atoms with Gasteiger partial charge in [0.15, 0.2) is 0 Å². The Kier molecular flexibility index (Phi) is 4.37. The van der Waals surface area contributed by atoms with Gasteiger partial charge in [-0.25, -0.2) is 0 Å². The summed E-state index contributed by atoms with van der Waals surface area (Å²) < 4.78 is 5.79. The molecule has 6 heteroatoms. The third-order valence-corrected chi connectivity index (χ3v) is 3.01. The number of rotatable bonds is 5. The molecule has 0 atom stereocenters. The topological polar surface area (TPSA) is 77.3 Å². The molecular formula is C15H17N3O3. The molecule has 0 unspecified atom stereocenters. The minimum Gasteiger partial charge on any atom is -0.455 e. The van der Waals surface area contributed by atoms with Crippen molar-refractivity contribution in [1.29, 1.82) is 0 Å². The summed E-state index contributed by atoms with van der Waals surface area (Å²) in [6.07, 6.45) is 3.32. The molecule has 0 bridgehead atoms. The Morgan fingerprint density at radius 2 is 2.00 bits per heavy atom. The molecule has 1 N–H and O–H groups in total. The van der Waals surface area contributed by atoms with Crippen LogP contribution in [0.15, 0.2) is 30.6 Å². The van der Waals surface area contributed by atoms with Crippen molar-refractivity contribution in [1.82, 2.24) is 4.98 Å². The van der Waals surface area contributed by atoms with Gasteiger partial charge in [0.05, 0.1) is 23.0 Å². The predicted molar refractivity (Wildman–Crippen MR) is 81.0 cm³/mol. The van der Waals surface area contributed by atoms with Crippen LogP contribution >= 0.6 is 0 Å². The number of hydrogen-bond donors (Lipinski definition) is 1. The van der Waals surface area contributed by atoms with Gasteiger partial charge in [-0.15, -0.1) is 0 Å². The molecule has 0 aliphatic carbocycles. The van der Waals surface area contributed by atoms with Crippen LogP contribution in [0.4, 0.5) is 11.4 Å². The SMILES string of the molecule is CCNc1cncc(Oc2cc(C)c([N+](=O)[O-])cc2C)c1. The van der Waals surface area contributed by atoms with Crippen LogP contribution < -0.4 is 10.1 Å². The number of ether oxygens (including phenoxy) is 1. The lowest BCUT2D eigenvalue weighted by Gasteiger charge is -2.11. The summed E-state index contributed by atoms with van der Waals surface area (Å²) >= 11 is 0. The molecule has 21 heavy (non-hydrogen) atoms. The van der Waals surface area contributed by atoms with Gasteiger partial charge < -0.3 is 10.1 Å². The Morgan fingerprint density at radius 1 is 1.24 bits per heavy atom. The van der Waals surface area contributed by atoms with E-state index < -0.39 is 0 Å². The molecule has 1 aromatic heterocycles. The molecule has 0 radical (unpaired) electrons. The average molecular weight is 287 g/mol. The second kappa shape index (κ2) is 6.21. The lowest BCUT2D eigenvalue weighted by Crippen LogP contribution is -1.98. The second-order valence-corrected chi connectivity index (χ2v) is 4.70. The molecule has 0 saturated carbocycles. The Balaban J connectivity index is 2.29. The molecule has 2 aromatic rings. The van der Waals surface area contributed by atoms with Crippen molar-refractivity contribution in [2.45, 2.75) is 20.8 Å². The van der Waals surface area contributed by atoms with Gasteiger partial charge in [0, 0.05) is 24.2 Å². The highest BCUT2D eigenvalue weighted by Crippen LogP contribution is 2.31. The quantitative estimate of drug-likeness (QED) is 0.668. The van der Waals surface area contributed by atoms with Gasteiger partial charge in [-0.05, 0) is 32.4 Å². The molecule has 0 spiro atoms. The zero-order valence-corrected chi connectivity index (χ0v) is 12.2. The fraction of sp³-hybridized carbons (Fsp3) is 0.267. The Morgan fingerprint density at radius 3 is 2.67 bits per heavy atom. The van der Waals surface area contributed by atoms with Crippen LogP contribution in [0.5, 0.6) is 11.5 Å². The number of aryl methyl sites for hydroxylation is 2. The largest absolute Gasteiger partial charge is 0.455 e. The highest BCUT2D eigenvalue weighted by Gasteiger charge is 2.14. The standard InChI is InChI=1S/C15H17N3O3/c1-4-17-12-7-13(9-16-8-12)21-15-6-10(2)14(18(19)20)5-11(15)3/h5-9,17H,4H2,1-3H3. The normalized spacial score (nSPS) is 10.2. The van der Waals surface area contributed by atoms with E-state index in [-0.39, 0.29) is 10.6 Å². The second-order valence-electron chi connectivity index (χ2n) is 4.70. The Bertz CT molecular complexity index is 671. The summed E-state index contributed by atoms with van der Waals surface area (Å²) in [7, 11) is 0. The molecule has 0 saturated heterocycles. The van der Waals surface area contributed by atoms with Crippen LogP contribution in [0, 0.1) is 24.0 Å². The molecular weight excluding hydrogens is 270 g/mol. The smallest absolute Gasteiger partial charge is 0.272 e. The summed E-state index contributed by atoms with van der Waals surface area (Å²) in [5.74, 6) is 1.18. The van der Waals surface area contributed by atoms with E-state index in [1.807, 2.05) is 13.0 Å². The van der Waals surface area contributed by atoms with Gasteiger partial charge in [-0.1, -0.05) is 0 Å². The van der Waals surface area contributed by atoms with Crippen LogP contribution in [0.2, 0.25) is 0 Å². The molecule has 1 heterocycles. The molecule has 0 fully saturated rings. The summed E-state index contributed by atoms with van der Waals surface area (Å²) in [4.78, 5) is 14.6. The van der Waals surface area contributed by atoms with Gasteiger partial charge in [0.1, 0.15) is 11.5 Å². The number of benzene rings is 1. The predicted octanol–water partition coefficient (Wildman–Crippen LogP) is 3.83. The molecule has 0 amide bonds. The molecule has 0 aliphatic rings. The molecule has 2 rings (SSSR count). The number of nitro groups is 1. The monoisotopic (exact) mass is 287 g/mol. The van der Waals surface area contributed by atoms with Crippen molar-refractivity contribution in [3.63, 3.8) is 0 Å². The van der Waals surface area contributed by atoms with Crippen molar-refractivity contribution in [3.8, 4) is 11.5 Å². The van der Waals surface area contributed by atoms with Crippen LogP contribution in [0.25, 0.3) is 0 Å². The molecule has 110 valence electrons. The molecule has 0 aliphatic heterocycles. The van der Waals surface area contributed by atoms with E-state index >= 15 is 0 Å². The first-order valence-corrected chi connectivity index (χ1v) is 6.63. The first-order valence-electron chi connectivity index (χ1n) is 6.63. The Hall–Kier alpha value is -2.63. The third kappa shape index (κ3) is 3.47. The number of nitrogens with one attached hydrogen (secondary N) is 1. The van der Waals surface area contributed by atoms with Gasteiger partial charge in [0.2, 0.25) is 0 Å². The van der Waals surface area contributed by atoms with Crippen LogP contribution in [0.3, 0.4) is 0 Å². The average Bonchev–Trinajstić information content (AvgIpc) is 2.43. The third-order valence-electron chi connectivity index (χ3n) is 3.01. The van der Waals surface area contributed by atoms with Crippen molar-refractivity contribution in [2.24, 2.45) is 0 Å². The Labute approximate surface area is 122 Å². The number of nitrogens with zero attached hydrogens (tertiary/aromatic N) is 2. The van der Waals surface area contributed by atoms with E-state index in [9.17, 15) is 10.1 Å². The zero-order valence-electron chi connectivity index (χ0n) is 12.2. The zero-order chi connectivity index (χ0) is 15.4. The fourth-order valence-electron chi connectivity index (χ4n) is 1.98. The highest BCUT2D eigenvalue weighted by atomic mass is 16.6. The number of pyridine rings is 1. The minimum absolute atomic E-state index is 0.0966. The van der Waals surface area contributed by atoms with E-state index in [0.29, 0.717) is 22.6 Å². The minimum atomic E-state index is -0.389. The summed E-state index contributed by atoms with van der Waals surface area (Å²) in [5.41, 5.74) is 2.24. The van der Waals surface area contributed by atoms with E-state index in [0.717, 1.165) is 12.2 Å². The summed E-state index contributed by atoms with van der Waals surface area (Å²) in [6.45, 7) is 6.26. The van der Waals surface area contributed by atoms with Gasteiger partial charge in [-0.2, -0.15) is 0 Å². The maximum absolute atomic E-state index is 10.9. The lowest BCUT2D eigenvalue weighted by molar-refractivity contribution is -0.385. The molecule has 1 aromatic carbocycles. The van der Waals surface area contributed by atoms with Crippen molar-refractivity contribution in [3.05, 3.63) is 51.8 Å². The van der Waals surface area contributed by atoms with Gasteiger partial charge >= 0.3 is 0 Å². The first-order chi connectivity index (χ1) is 10.0. The first kappa shape index (κ1) is 14.8. The number of aromatic nitrogens is 1. The van der Waals surface area contributed by atoms with Crippen LogP contribution in [0.1, 0.15) is 18.1 Å². The number of anilines is 1. The van der Waals surface area contributed by atoms with E-state index in [4.69, 9.17) is 4.74 Å². The highest BCUT2D eigenvalue weighted by molar-refractivity contribution is 5.52. The lowest BCUT2D eigenvalue weighted by atomic mass is 10.1. The van der Waals surface area contributed by atoms with Crippen molar-refractivity contribution >= 4 is 11.4 Å². The van der Waals surface area contributed by atoms with Gasteiger partial charge in [0.25, 0.3) is 5.69 Å². The molecule has 6 nitrogen and oxygen atoms in total.